The Balaban J connectivity index is 1.16. The maximum atomic E-state index is 13.4. The highest BCUT2D eigenvalue weighted by atomic mass is 16.3. The van der Waals surface area contributed by atoms with Crippen molar-refractivity contribution in [2.24, 2.45) is 0 Å². The smallest absolute Gasteiger partial charge is 0.325 e. The fourth-order valence-corrected chi connectivity index (χ4v) is 7.58. The molecule has 5 N–H and O–H groups in total. The van der Waals surface area contributed by atoms with Gasteiger partial charge in [-0.1, -0.05) is 60.7 Å². The second-order valence-corrected chi connectivity index (χ2v) is 13.1. The SMILES string of the molecule is O=C(CCCO)CC12CCN(CCc3ccccc3)C(Cc3ccc(C(=O)NCCc4ccc(-c5c[nH]c(=O)[nH]c5=O)cc4)c(O)c31)C2. The van der Waals surface area contributed by atoms with Crippen LogP contribution in [-0.4, -0.2) is 69.1 Å². The van der Waals surface area contributed by atoms with Crippen molar-refractivity contribution in [3.63, 3.8) is 0 Å². The van der Waals surface area contributed by atoms with Crippen molar-refractivity contribution in [1.29, 1.82) is 0 Å². The number of aliphatic hydroxyl groups is 1. The minimum atomic E-state index is -0.566. The molecule has 1 aromatic heterocycles. The van der Waals surface area contributed by atoms with Crippen LogP contribution >= 0.6 is 0 Å². The van der Waals surface area contributed by atoms with Crippen molar-refractivity contribution < 1.29 is 19.8 Å². The monoisotopic (exact) mass is 650 g/mol. The first kappa shape index (κ1) is 33.1. The van der Waals surface area contributed by atoms with E-state index in [2.05, 4.69) is 44.5 Å². The molecule has 1 aliphatic carbocycles. The van der Waals surface area contributed by atoms with Gasteiger partial charge in [-0.2, -0.15) is 0 Å². The van der Waals surface area contributed by atoms with Gasteiger partial charge in [0, 0.05) is 55.8 Å². The second kappa shape index (κ2) is 14.5. The van der Waals surface area contributed by atoms with Crippen LogP contribution in [0.2, 0.25) is 0 Å². The standard InChI is InChI=1S/C38H42N4O6/c43-20-4-7-30(44)23-38-16-19-42(18-15-25-5-2-1-3-6-25)29(22-38)21-28-12-13-31(34(45)33(28)38)35(46)39-17-14-26-8-10-27(11-9-26)32-24-40-37(48)41-36(32)47/h1-3,5-6,8-13,24,29,43,45H,4,7,14-23H2,(H,39,46)(H2,40,41,47,48). The number of carbonyl (C=O) groups excluding carboxylic acids is 2. The van der Waals surface area contributed by atoms with Gasteiger partial charge in [0.1, 0.15) is 11.5 Å². The molecule has 250 valence electrons. The van der Waals surface area contributed by atoms with Crippen LogP contribution in [0, 0.1) is 0 Å². The summed E-state index contributed by atoms with van der Waals surface area (Å²) >= 11 is 0. The van der Waals surface area contributed by atoms with Crippen LogP contribution in [0.15, 0.2) is 82.5 Å². The number of phenolic OH excluding ortho intramolecular Hbond substituents is 1. The van der Waals surface area contributed by atoms with Crippen molar-refractivity contribution in [3.8, 4) is 16.9 Å². The second-order valence-electron chi connectivity index (χ2n) is 13.1. The molecule has 10 heteroatoms. The highest BCUT2D eigenvalue weighted by Gasteiger charge is 2.48. The molecule has 4 aromatic rings. The van der Waals surface area contributed by atoms with E-state index in [1.165, 1.54) is 11.8 Å². The molecule has 48 heavy (non-hydrogen) atoms. The predicted octanol–water partition coefficient (Wildman–Crippen LogP) is 3.64. The average Bonchev–Trinajstić information content (AvgIpc) is 3.08. The Hall–Kier alpha value is -4.80. The van der Waals surface area contributed by atoms with Gasteiger partial charge in [0.15, 0.2) is 0 Å². The van der Waals surface area contributed by atoms with Gasteiger partial charge in [0.2, 0.25) is 0 Å². The molecule has 1 aliphatic heterocycles. The fourth-order valence-electron chi connectivity index (χ4n) is 7.58. The Bertz CT molecular complexity index is 1880. The van der Waals surface area contributed by atoms with Gasteiger partial charge in [0.25, 0.3) is 11.5 Å². The summed E-state index contributed by atoms with van der Waals surface area (Å²) in [4.78, 5) is 57.3. The molecule has 2 atom stereocenters. The largest absolute Gasteiger partial charge is 0.507 e. The van der Waals surface area contributed by atoms with Crippen LogP contribution < -0.4 is 16.6 Å². The Morgan fingerprint density at radius 3 is 2.50 bits per heavy atom. The number of benzene rings is 3. The van der Waals surface area contributed by atoms with E-state index in [0.717, 1.165) is 49.0 Å². The van der Waals surface area contributed by atoms with Crippen LogP contribution in [0.5, 0.6) is 5.75 Å². The summed E-state index contributed by atoms with van der Waals surface area (Å²) in [5, 5.41) is 24.0. The Morgan fingerprint density at radius 1 is 0.979 bits per heavy atom. The zero-order chi connectivity index (χ0) is 33.7. The fraction of sp³-hybridized carbons (Fsp3) is 0.368. The summed E-state index contributed by atoms with van der Waals surface area (Å²) in [7, 11) is 0. The number of Topliss-reactive ketones (excluding diaryl/α,β-unsaturated/α-hetero) is 1. The zero-order valence-corrected chi connectivity index (χ0v) is 27.0. The van der Waals surface area contributed by atoms with E-state index in [9.17, 15) is 29.4 Å². The summed E-state index contributed by atoms with van der Waals surface area (Å²) < 4.78 is 0. The van der Waals surface area contributed by atoms with Gasteiger partial charge in [-0.25, -0.2) is 4.79 Å². The van der Waals surface area contributed by atoms with Crippen LogP contribution in [0.1, 0.15) is 64.7 Å². The molecule has 0 spiro atoms. The number of H-pyrrole nitrogens is 2. The zero-order valence-electron chi connectivity index (χ0n) is 27.0. The number of likely N-dealkylation sites (tertiary alicyclic amines) is 1. The normalized spacial score (nSPS) is 18.6. The number of carbonyl (C=O) groups is 2. The number of aromatic nitrogens is 2. The molecule has 1 fully saturated rings. The maximum Gasteiger partial charge on any atom is 0.325 e. The molecule has 0 radical (unpaired) electrons. The third-order valence-corrected chi connectivity index (χ3v) is 9.98. The summed E-state index contributed by atoms with van der Waals surface area (Å²) in [6.07, 6.45) is 6.02. The Kier molecular flexibility index (Phi) is 10.0. The van der Waals surface area contributed by atoms with Gasteiger partial charge in [-0.05, 0) is 73.4 Å². The third-order valence-electron chi connectivity index (χ3n) is 9.98. The molecule has 2 heterocycles. The number of phenols is 1. The predicted molar refractivity (Wildman–Crippen MR) is 183 cm³/mol. The molecule has 10 nitrogen and oxygen atoms in total. The van der Waals surface area contributed by atoms with Crippen molar-refractivity contribution >= 4 is 11.7 Å². The van der Waals surface area contributed by atoms with Crippen molar-refractivity contribution in [3.05, 3.63) is 122 Å². The summed E-state index contributed by atoms with van der Waals surface area (Å²) in [6.45, 7) is 2.01. The summed E-state index contributed by atoms with van der Waals surface area (Å²) in [5.41, 5.74) is 3.58. The molecular weight excluding hydrogens is 608 g/mol. The van der Waals surface area contributed by atoms with Gasteiger partial charge in [-0.3, -0.25) is 24.3 Å². The lowest BCUT2D eigenvalue weighted by molar-refractivity contribution is -0.121. The lowest BCUT2D eigenvalue weighted by Crippen LogP contribution is -2.54. The minimum absolute atomic E-state index is 0.0355. The number of aliphatic hydroxyl groups excluding tert-OH is 1. The minimum Gasteiger partial charge on any atom is -0.507 e. The number of rotatable bonds is 13. The average molecular weight is 651 g/mol. The third kappa shape index (κ3) is 7.19. The molecule has 3 aromatic carbocycles. The molecule has 1 saturated heterocycles. The molecule has 2 bridgehead atoms. The molecule has 2 aliphatic rings. The summed E-state index contributed by atoms with van der Waals surface area (Å²) in [6, 6.07) is 21.6. The lowest BCUT2D eigenvalue weighted by Gasteiger charge is -2.51. The van der Waals surface area contributed by atoms with Crippen molar-refractivity contribution in [2.45, 2.75) is 62.8 Å². The van der Waals surface area contributed by atoms with Crippen LogP contribution in [0.3, 0.4) is 0 Å². The maximum absolute atomic E-state index is 13.4. The van der Waals surface area contributed by atoms with Crippen molar-refractivity contribution in [2.75, 3.05) is 26.2 Å². The first-order valence-electron chi connectivity index (χ1n) is 16.7. The Labute approximate surface area is 278 Å². The van der Waals surface area contributed by atoms with E-state index in [4.69, 9.17) is 0 Å². The molecule has 0 saturated carbocycles. The van der Waals surface area contributed by atoms with E-state index in [0.29, 0.717) is 43.4 Å². The van der Waals surface area contributed by atoms with Crippen LogP contribution in [0.25, 0.3) is 11.1 Å². The first-order valence-corrected chi connectivity index (χ1v) is 16.7. The number of aromatic hydroxyl groups is 1. The van der Waals surface area contributed by atoms with E-state index in [-0.39, 0.29) is 42.1 Å². The van der Waals surface area contributed by atoms with E-state index in [1.807, 2.05) is 24.3 Å². The first-order chi connectivity index (χ1) is 23.3. The molecule has 2 unspecified atom stereocenters. The number of ketones is 1. The van der Waals surface area contributed by atoms with E-state index >= 15 is 0 Å². The number of amides is 1. The molecule has 1 amide bonds. The van der Waals surface area contributed by atoms with Gasteiger partial charge in [-0.15, -0.1) is 0 Å². The molecule has 6 rings (SSSR count). The Morgan fingerprint density at radius 2 is 1.75 bits per heavy atom. The number of aromatic amines is 2. The van der Waals surface area contributed by atoms with Gasteiger partial charge >= 0.3 is 5.69 Å². The quantitative estimate of drug-likeness (QED) is 0.148. The van der Waals surface area contributed by atoms with E-state index < -0.39 is 16.7 Å². The number of fused-ring (bicyclic) bond motifs is 4. The highest BCUT2D eigenvalue weighted by Crippen LogP contribution is 2.51. The van der Waals surface area contributed by atoms with Gasteiger partial charge < -0.3 is 20.5 Å². The van der Waals surface area contributed by atoms with Crippen molar-refractivity contribution in [1.82, 2.24) is 20.2 Å². The number of nitrogens with zero attached hydrogens (tertiary/aromatic N) is 1. The van der Waals surface area contributed by atoms with E-state index in [1.54, 1.807) is 18.2 Å². The highest BCUT2D eigenvalue weighted by molar-refractivity contribution is 5.97. The number of hydrogen-bond acceptors (Lipinski definition) is 7. The lowest BCUT2D eigenvalue weighted by atomic mass is 9.61. The van der Waals surface area contributed by atoms with Crippen LogP contribution in [0.4, 0.5) is 0 Å². The number of piperidine rings is 1. The number of hydrogen-bond donors (Lipinski definition) is 5. The number of nitrogens with one attached hydrogen (secondary N) is 3. The summed E-state index contributed by atoms with van der Waals surface area (Å²) in [5.74, 6) is -0.346. The van der Waals surface area contributed by atoms with Gasteiger partial charge in [0.05, 0.1) is 11.1 Å². The molecular formula is C38H42N4O6. The van der Waals surface area contributed by atoms with Crippen LogP contribution in [-0.2, 0) is 29.5 Å². The topological polar surface area (TPSA) is 156 Å².